The maximum atomic E-state index is 11.3. The molecule has 3 heterocycles. The van der Waals surface area contributed by atoms with Gasteiger partial charge in [-0.2, -0.15) is 0 Å². The van der Waals surface area contributed by atoms with E-state index in [1.165, 1.54) is 6.20 Å². The van der Waals surface area contributed by atoms with Crippen molar-refractivity contribution >= 4 is 27.0 Å². The summed E-state index contributed by atoms with van der Waals surface area (Å²) in [6.07, 6.45) is 7.87. The van der Waals surface area contributed by atoms with Crippen molar-refractivity contribution in [2.75, 3.05) is 11.0 Å². The van der Waals surface area contributed by atoms with E-state index in [9.17, 15) is 8.42 Å². The molecular weight excluding hydrogens is 318 g/mol. The van der Waals surface area contributed by atoms with Crippen LogP contribution in [0.25, 0.3) is 21.6 Å². The van der Waals surface area contributed by atoms with Crippen LogP contribution in [0, 0.1) is 0 Å². The highest BCUT2D eigenvalue weighted by Gasteiger charge is 2.08. The summed E-state index contributed by atoms with van der Waals surface area (Å²) in [5.41, 5.74) is 3.45. The summed E-state index contributed by atoms with van der Waals surface area (Å²) in [4.78, 5) is 9.22. The zero-order chi connectivity index (χ0) is 15.6. The van der Waals surface area contributed by atoms with Crippen molar-refractivity contribution < 1.29 is 8.42 Å². The molecule has 3 rings (SSSR count). The Balaban J connectivity index is 1.92. The number of anilines is 1. The molecule has 3 aromatic heterocycles. The van der Waals surface area contributed by atoms with Crippen molar-refractivity contribution in [1.29, 1.82) is 0 Å². The quantitative estimate of drug-likeness (QED) is 0.796. The molecule has 0 fully saturated rings. The van der Waals surface area contributed by atoms with Gasteiger partial charge in [0.15, 0.2) is 0 Å². The van der Waals surface area contributed by atoms with Crippen LogP contribution in [0.3, 0.4) is 0 Å². The maximum absolute atomic E-state index is 11.3. The molecule has 0 saturated carbocycles. The molecule has 0 atom stereocenters. The lowest BCUT2D eigenvalue weighted by molar-refractivity contribution is 0.607. The van der Waals surface area contributed by atoms with Gasteiger partial charge in [0.05, 0.1) is 18.1 Å². The average molecular weight is 331 g/mol. The first-order chi connectivity index (χ1) is 10.5. The van der Waals surface area contributed by atoms with Crippen LogP contribution in [-0.4, -0.2) is 24.6 Å². The van der Waals surface area contributed by atoms with Gasteiger partial charge in [-0.3, -0.25) is 14.7 Å². The van der Waals surface area contributed by atoms with Gasteiger partial charge in [0.25, 0.3) is 0 Å². The monoisotopic (exact) mass is 331 g/mol. The maximum Gasteiger partial charge on any atom is 0.229 e. The summed E-state index contributed by atoms with van der Waals surface area (Å²) >= 11 is 1.58. The number of aromatic nitrogens is 2. The Kier molecular flexibility index (Phi) is 3.91. The van der Waals surface area contributed by atoms with Crippen LogP contribution < -0.4 is 4.72 Å². The average Bonchev–Trinajstić information content (AvgIpc) is 2.96. The number of hydrogen-bond acceptors (Lipinski definition) is 5. The van der Waals surface area contributed by atoms with Gasteiger partial charge in [-0.05, 0) is 29.1 Å². The summed E-state index contributed by atoms with van der Waals surface area (Å²) in [6, 6.07) is 7.71. The highest BCUT2D eigenvalue weighted by molar-refractivity contribution is 7.92. The third-order valence-corrected chi connectivity index (χ3v) is 4.51. The Morgan fingerprint density at radius 3 is 2.59 bits per heavy atom. The van der Waals surface area contributed by atoms with Crippen molar-refractivity contribution in [1.82, 2.24) is 9.97 Å². The molecule has 0 aromatic carbocycles. The molecule has 0 bridgehead atoms. The van der Waals surface area contributed by atoms with Gasteiger partial charge >= 0.3 is 0 Å². The Bertz CT molecular complexity index is 890. The number of nitrogens with one attached hydrogen (secondary N) is 1. The number of hydrogen-bond donors (Lipinski definition) is 1. The fourth-order valence-electron chi connectivity index (χ4n) is 2.02. The third-order valence-electron chi connectivity index (χ3n) is 2.92. The molecule has 0 radical (unpaired) electrons. The summed E-state index contributed by atoms with van der Waals surface area (Å²) in [5.74, 6) is 0. The molecule has 0 unspecified atom stereocenters. The molecular formula is C15H13N3O2S2. The van der Waals surface area contributed by atoms with E-state index in [1.807, 2.05) is 29.8 Å². The van der Waals surface area contributed by atoms with E-state index in [4.69, 9.17) is 0 Å². The fourth-order valence-corrected chi connectivity index (χ4v) is 3.46. The van der Waals surface area contributed by atoms with Gasteiger partial charge in [-0.1, -0.05) is 6.07 Å². The van der Waals surface area contributed by atoms with Gasteiger partial charge in [0.1, 0.15) is 0 Å². The summed E-state index contributed by atoms with van der Waals surface area (Å²) in [6.45, 7) is 0. The van der Waals surface area contributed by atoms with Gasteiger partial charge in [-0.25, -0.2) is 8.42 Å². The van der Waals surface area contributed by atoms with E-state index in [2.05, 4.69) is 14.7 Å². The van der Waals surface area contributed by atoms with Crippen LogP contribution in [0.5, 0.6) is 0 Å². The van der Waals surface area contributed by atoms with Crippen LogP contribution in [0.2, 0.25) is 0 Å². The minimum Gasteiger partial charge on any atom is -0.282 e. The second-order valence-corrected chi connectivity index (χ2v) is 7.44. The van der Waals surface area contributed by atoms with Crippen LogP contribution in [0.1, 0.15) is 0 Å². The molecule has 22 heavy (non-hydrogen) atoms. The molecule has 5 nitrogen and oxygen atoms in total. The zero-order valence-corrected chi connectivity index (χ0v) is 13.4. The standard InChI is InChI=1S/C15H13N3O2S2/c1-22(19,20)18-14-5-12(8-17-9-14)15-6-13(10-21-15)11-3-2-4-16-7-11/h2-10,18H,1H3. The molecule has 1 N–H and O–H groups in total. The second kappa shape index (κ2) is 5.86. The number of thiophene rings is 1. The lowest BCUT2D eigenvalue weighted by Gasteiger charge is -2.04. The smallest absolute Gasteiger partial charge is 0.229 e. The fraction of sp³-hybridized carbons (Fsp3) is 0.0667. The Morgan fingerprint density at radius 2 is 1.86 bits per heavy atom. The zero-order valence-electron chi connectivity index (χ0n) is 11.7. The van der Waals surface area contributed by atoms with Gasteiger partial charge in [-0.15, -0.1) is 11.3 Å². The van der Waals surface area contributed by atoms with Crippen LogP contribution in [0.4, 0.5) is 5.69 Å². The second-order valence-electron chi connectivity index (χ2n) is 4.78. The molecule has 7 heteroatoms. The predicted octanol–water partition coefficient (Wildman–Crippen LogP) is 3.24. The number of sulfonamides is 1. The van der Waals surface area contributed by atoms with Crippen molar-refractivity contribution in [3.8, 4) is 21.6 Å². The van der Waals surface area contributed by atoms with Crippen LogP contribution >= 0.6 is 11.3 Å². The third kappa shape index (κ3) is 3.49. The Labute approximate surface area is 132 Å². The van der Waals surface area contributed by atoms with E-state index in [0.29, 0.717) is 5.69 Å². The van der Waals surface area contributed by atoms with Gasteiger partial charge in [0, 0.05) is 34.6 Å². The molecule has 3 aromatic rings. The molecule has 112 valence electrons. The number of rotatable bonds is 4. The molecule has 0 amide bonds. The number of pyridine rings is 2. The lowest BCUT2D eigenvalue weighted by atomic mass is 10.1. The highest BCUT2D eigenvalue weighted by atomic mass is 32.2. The Hall–Kier alpha value is -2.25. The normalized spacial score (nSPS) is 11.3. The van der Waals surface area contributed by atoms with E-state index < -0.39 is 10.0 Å². The molecule has 0 saturated heterocycles. The van der Waals surface area contributed by atoms with Crippen molar-refractivity contribution in [3.63, 3.8) is 0 Å². The van der Waals surface area contributed by atoms with E-state index >= 15 is 0 Å². The molecule has 0 aliphatic carbocycles. The minimum absolute atomic E-state index is 0.455. The van der Waals surface area contributed by atoms with Gasteiger partial charge < -0.3 is 0 Å². The van der Waals surface area contributed by atoms with E-state index in [0.717, 1.165) is 27.8 Å². The lowest BCUT2D eigenvalue weighted by Crippen LogP contribution is -2.09. The summed E-state index contributed by atoms with van der Waals surface area (Å²) in [7, 11) is -3.31. The topological polar surface area (TPSA) is 72.0 Å². The van der Waals surface area contributed by atoms with E-state index in [1.54, 1.807) is 29.8 Å². The predicted molar refractivity (Wildman–Crippen MR) is 89.2 cm³/mol. The SMILES string of the molecule is CS(=O)(=O)Nc1cncc(-c2cc(-c3cccnc3)cs2)c1. The van der Waals surface area contributed by atoms with Crippen molar-refractivity contribution in [3.05, 3.63) is 54.4 Å². The van der Waals surface area contributed by atoms with Crippen LogP contribution in [0.15, 0.2) is 54.4 Å². The van der Waals surface area contributed by atoms with Crippen molar-refractivity contribution in [2.45, 2.75) is 0 Å². The summed E-state index contributed by atoms with van der Waals surface area (Å²) in [5, 5.41) is 2.04. The summed E-state index contributed by atoms with van der Waals surface area (Å²) < 4.78 is 25.0. The molecule has 0 aliphatic heterocycles. The first kappa shape index (κ1) is 14.7. The first-order valence-electron chi connectivity index (χ1n) is 6.43. The largest absolute Gasteiger partial charge is 0.282 e. The molecule has 0 aliphatic rings. The van der Waals surface area contributed by atoms with Crippen LogP contribution in [-0.2, 0) is 10.0 Å². The number of nitrogens with zero attached hydrogens (tertiary/aromatic N) is 2. The first-order valence-corrected chi connectivity index (χ1v) is 9.20. The minimum atomic E-state index is -3.31. The van der Waals surface area contributed by atoms with Crippen molar-refractivity contribution in [2.24, 2.45) is 0 Å². The molecule has 0 spiro atoms. The van der Waals surface area contributed by atoms with E-state index in [-0.39, 0.29) is 0 Å². The highest BCUT2D eigenvalue weighted by Crippen LogP contribution is 2.32. The Morgan fingerprint density at radius 1 is 1.05 bits per heavy atom. The van der Waals surface area contributed by atoms with Gasteiger partial charge in [0.2, 0.25) is 10.0 Å².